The highest BCUT2D eigenvalue weighted by Crippen LogP contribution is 2.09. The van der Waals surface area contributed by atoms with Gasteiger partial charge < -0.3 is 19.0 Å². The van der Waals surface area contributed by atoms with Crippen molar-refractivity contribution in [1.29, 1.82) is 0 Å². The minimum Gasteiger partial charge on any atom is -0.460 e. The summed E-state index contributed by atoms with van der Waals surface area (Å²) in [6.45, 7) is 3.82. The van der Waals surface area contributed by atoms with E-state index in [0.717, 1.165) is 0 Å². The first-order valence-electron chi connectivity index (χ1n) is 6.07. The Morgan fingerprint density at radius 2 is 2.20 bits per heavy atom. The molecule has 7 heteroatoms. The minimum absolute atomic E-state index is 0.105. The van der Waals surface area contributed by atoms with Gasteiger partial charge in [0.05, 0.1) is 13.2 Å². The molecule has 0 aliphatic carbocycles. The Morgan fingerprint density at radius 1 is 1.40 bits per heavy atom. The van der Waals surface area contributed by atoms with Crippen molar-refractivity contribution in [3.8, 4) is 0 Å². The first-order chi connectivity index (χ1) is 9.60. The van der Waals surface area contributed by atoms with Crippen molar-refractivity contribution < 1.29 is 23.3 Å². The Balaban J connectivity index is 1.91. The quantitative estimate of drug-likeness (QED) is 0.836. The molecule has 2 rings (SSSR count). The molecule has 0 saturated carbocycles. The van der Waals surface area contributed by atoms with Crippen LogP contribution in [0.15, 0.2) is 27.1 Å². The third kappa shape index (κ3) is 3.25. The molecule has 2 heterocycles. The molecule has 2 aromatic rings. The third-order valence-electron chi connectivity index (χ3n) is 2.42. The van der Waals surface area contributed by atoms with Crippen LogP contribution in [0.2, 0.25) is 0 Å². The second-order valence-corrected chi connectivity index (χ2v) is 3.99. The van der Waals surface area contributed by atoms with Crippen LogP contribution in [0, 0.1) is 6.92 Å². The number of carbonyl (C=O) groups excluding carboxylic acids is 2. The van der Waals surface area contributed by atoms with Crippen molar-refractivity contribution in [2.24, 2.45) is 0 Å². The van der Waals surface area contributed by atoms with Gasteiger partial charge in [-0.2, -0.15) is 0 Å². The summed E-state index contributed by atoms with van der Waals surface area (Å²) >= 11 is 0. The number of aryl methyl sites for hydroxylation is 1. The number of amides is 1. The Kier molecular flexibility index (Phi) is 4.19. The molecule has 0 spiro atoms. The van der Waals surface area contributed by atoms with E-state index in [1.165, 1.54) is 12.1 Å². The highest BCUT2D eigenvalue weighted by atomic mass is 16.5. The van der Waals surface area contributed by atoms with Gasteiger partial charge in [-0.15, -0.1) is 0 Å². The van der Waals surface area contributed by atoms with Gasteiger partial charge in [0.15, 0.2) is 5.69 Å². The molecule has 0 aromatic carbocycles. The van der Waals surface area contributed by atoms with Crippen molar-refractivity contribution in [1.82, 2.24) is 10.5 Å². The average Bonchev–Trinajstić information content (AvgIpc) is 3.05. The molecule has 0 aliphatic heterocycles. The van der Waals surface area contributed by atoms with Crippen LogP contribution in [0.5, 0.6) is 0 Å². The van der Waals surface area contributed by atoms with Gasteiger partial charge in [-0.05, 0) is 26.0 Å². The predicted octanol–water partition coefficient (Wildman–Crippen LogP) is 1.68. The Hall–Kier alpha value is -2.57. The van der Waals surface area contributed by atoms with Crippen LogP contribution in [0.25, 0.3) is 0 Å². The maximum atomic E-state index is 11.7. The highest BCUT2D eigenvalue weighted by molar-refractivity contribution is 5.92. The average molecular weight is 278 g/mol. The van der Waals surface area contributed by atoms with Crippen LogP contribution in [0.4, 0.5) is 0 Å². The second-order valence-electron chi connectivity index (χ2n) is 3.99. The monoisotopic (exact) mass is 278 g/mol. The molecule has 0 aliphatic rings. The third-order valence-corrected chi connectivity index (χ3v) is 2.42. The summed E-state index contributed by atoms with van der Waals surface area (Å²) in [5, 5.41) is 6.20. The maximum Gasteiger partial charge on any atom is 0.374 e. The molecule has 106 valence electrons. The van der Waals surface area contributed by atoms with Crippen LogP contribution >= 0.6 is 0 Å². The molecule has 0 fully saturated rings. The summed E-state index contributed by atoms with van der Waals surface area (Å²) in [7, 11) is 0. The van der Waals surface area contributed by atoms with E-state index in [4.69, 9.17) is 13.7 Å². The van der Waals surface area contributed by atoms with E-state index in [9.17, 15) is 9.59 Å². The first-order valence-corrected chi connectivity index (χ1v) is 6.07. The van der Waals surface area contributed by atoms with Gasteiger partial charge >= 0.3 is 5.97 Å². The van der Waals surface area contributed by atoms with E-state index in [0.29, 0.717) is 11.5 Å². The lowest BCUT2D eigenvalue weighted by atomic mass is 10.3. The zero-order valence-electron chi connectivity index (χ0n) is 11.1. The smallest absolute Gasteiger partial charge is 0.374 e. The van der Waals surface area contributed by atoms with Crippen LogP contribution in [0.1, 0.15) is 39.5 Å². The topological polar surface area (TPSA) is 94.6 Å². The first kappa shape index (κ1) is 13.9. The molecule has 0 unspecified atom stereocenters. The normalized spacial score (nSPS) is 10.3. The lowest BCUT2D eigenvalue weighted by Gasteiger charge is -2.00. The van der Waals surface area contributed by atoms with Gasteiger partial charge in [0.2, 0.25) is 5.76 Å². The van der Waals surface area contributed by atoms with Gasteiger partial charge in [-0.25, -0.2) is 4.79 Å². The lowest BCUT2D eigenvalue weighted by molar-refractivity contribution is 0.0488. The molecule has 20 heavy (non-hydrogen) atoms. The molecule has 0 saturated heterocycles. The van der Waals surface area contributed by atoms with Crippen LogP contribution in [-0.4, -0.2) is 23.6 Å². The fourth-order valence-corrected chi connectivity index (χ4v) is 1.52. The molecule has 0 atom stereocenters. The number of aromatic nitrogens is 1. The molecule has 0 bridgehead atoms. The molecular formula is C13H14N2O5. The number of rotatable bonds is 5. The second kappa shape index (κ2) is 6.05. The van der Waals surface area contributed by atoms with Gasteiger partial charge in [0, 0.05) is 6.07 Å². The molecule has 1 N–H and O–H groups in total. The molecule has 2 aromatic heterocycles. The van der Waals surface area contributed by atoms with Gasteiger partial charge in [0.1, 0.15) is 11.5 Å². The summed E-state index contributed by atoms with van der Waals surface area (Å²) in [6, 6.07) is 4.63. The van der Waals surface area contributed by atoms with E-state index in [1.807, 2.05) is 0 Å². The largest absolute Gasteiger partial charge is 0.460 e. The fraction of sp³-hybridized carbons (Fsp3) is 0.308. The highest BCUT2D eigenvalue weighted by Gasteiger charge is 2.14. The van der Waals surface area contributed by atoms with E-state index in [1.54, 1.807) is 19.9 Å². The molecule has 1 amide bonds. The Bertz CT molecular complexity index is 614. The fourth-order valence-electron chi connectivity index (χ4n) is 1.52. The summed E-state index contributed by atoms with van der Waals surface area (Å²) in [5.41, 5.74) is 0.194. The molecular weight excluding hydrogens is 264 g/mol. The summed E-state index contributed by atoms with van der Waals surface area (Å²) in [6.07, 6.45) is 0. The number of carbonyl (C=O) groups is 2. The molecule has 0 radical (unpaired) electrons. The number of esters is 1. The number of hydrogen-bond acceptors (Lipinski definition) is 6. The van der Waals surface area contributed by atoms with E-state index >= 15 is 0 Å². The Labute approximate surface area is 114 Å². The van der Waals surface area contributed by atoms with E-state index in [2.05, 4.69) is 10.5 Å². The van der Waals surface area contributed by atoms with Crippen molar-refractivity contribution in [3.63, 3.8) is 0 Å². The zero-order chi connectivity index (χ0) is 14.5. The Morgan fingerprint density at radius 3 is 2.85 bits per heavy atom. The van der Waals surface area contributed by atoms with Crippen LogP contribution in [-0.2, 0) is 11.3 Å². The lowest BCUT2D eigenvalue weighted by Crippen LogP contribution is -2.22. The van der Waals surface area contributed by atoms with Crippen molar-refractivity contribution in [2.45, 2.75) is 20.4 Å². The SMILES string of the molecule is CCOC(=O)c1ccc(CNC(=O)c2cc(C)on2)o1. The van der Waals surface area contributed by atoms with E-state index in [-0.39, 0.29) is 30.5 Å². The number of furan rings is 1. The number of nitrogens with one attached hydrogen (secondary N) is 1. The molecule has 7 nitrogen and oxygen atoms in total. The van der Waals surface area contributed by atoms with Crippen LogP contribution < -0.4 is 5.32 Å². The summed E-state index contributed by atoms with van der Waals surface area (Å²) < 4.78 is 14.9. The predicted molar refractivity (Wildman–Crippen MR) is 67.1 cm³/mol. The van der Waals surface area contributed by atoms with Crippen LogP contribution in [0.3, 0.4) is 0 Å². The number of hydrogen-bond donors (Lipinski definition) is 1. The van der Waals surface area contributed by atoms with Crippen molar-refractivity contribution in [3.05, 3.63) is 41.2 Å². The minimum atomic E-state index is -0.530. The number of nitrogens with zero attached hydrogens (tertiary/aromatic N) is 1. The van der Waals surface area contributed by atoms with Gasteiger partial charge in [-0.1, -0.05) is 5.16 Å². The van der Waals surface area contributed by atoms with Crippen molar-refractivity contribution >= 4 is 11.9 Å². The standard InChI is InChI=1S/C13H14N2O5/c1-3-18-13(17)11-5-4-9(19-11)7-14-12(16)10-6-8(2)20-15-10/h4-6H,3,7H2,1-2H3,(H,14,16). The van der Waals surface area contributed by atoms with E-state index < -0.39 is 5.97 Å². The maximum absolute atomic E-state index is 11.7. The van der Waals surface area contributed by atoms with Crippen molar-refractivity contribution in [2.75, 3.05) is 6.61 Å². The number of ether oxygens (including phenoxy) is 1. The summed E-state index contributed by atoms with van der Waals surface area (Å²) in [5.74, 6) is 0.195. The summed E-state index contributed by atoms with van der Waals surface area (Å²) in [4.78, 5) is 23.1. The van der Waals surface area contributed by atoms with Gasteiger partial charge in [0.25, 0.3) is 5.91 Å². The zero-order valence-corrected chi connectivity index (χ0v) is 11.1. The van der Waals surface area contributed by atoms with Gasteiger partial charge in [-0.3, -0.25) is 4.79 Å².